The first-order chi connectivity index (χ1) is 14.2. The molecule has 0 atom stereocenters. The van der Waals surface area contributed by atoms with Crippen molar-refractivity contribution < 1.29 is 13.2 Å². The number of amides is 1. The fourth-order valence-corrected chi connectivity index (χ4v) is 4.30. The van der Waals surface area contributed by atoms with E-state index in [-0.39, 0.29) is 15.8 Å². The largest absolute Gasteiger partial charge is 0.323 e. The topological polar surface area (TPSA) is 98.1 Å². The van der Waals surface area contributed by atoms with Gasteiger partial charge in [-0.3, -0.25) is 9.59 Å². The first kappa shape index (κ1) is 21.9. The molecule has 1 heterocycles. The van der Waals surface area contributed by atoms with Gasteiger partial charge in [0.1, 0.15) is 6.54 Å². The SMILES string of the molecule is CC(C)c1ccc(S(=O)(=O)c2ccc(=O)n(CC(=O)Nc3ccccc3Br)n2)cc1. The molecule has 0 aliphatic carbocycles. The molecule has 0 aliphatic heterocycles. The molecule has 7 nitrogen and oxygen atoms in total. The van der Waals surface area contributed by atoms with Crippen LogP contribution in [0.15, 0.2) is 79.9 Å². The zero-order valence-electron chi connectivity index (χ0n) is 16.4. The number of carbonyl (C=O) groups is 1. The molecule has 0 radical (unpaired) electrons. The van der Waals surface area contributed by atoms with E-state index in [9.17, 15) is 18.0 Å². The summed E-state index contributed by atoms with van der Waals surface area (Å²) in [5, 5.41) is 6.29. The standard InChI is InChI=1S/C21H20BrN3O4S/c1-14(2)15-7-9-16(10-8-15)30(28,29)20-11-12-21(27)25(24-20)13-19(26)23-18-6-4-3-5-17(18)22/h3-12,14H,13H2,1-2H3,(H,23,26). The molecule has 0 bridgehead atoms. The van der Waals surface area contributed by atoms with Gasteiger partial charge in [-0.15, -0.1) is 0 Å². The van der Waals surface area contributed by atoms with Crippen LogP contribution >= 0.6 is 15.9 Å². The van der Waals surface area contributed by atoms with Crippen molar-refractivity contribution >= 4 is 37.4 Å². The van der Waals surface area contributed by atoms with E-state index in [0.717, 1.165) is 22.4 Å². The van der Waals surface area contributed by atoms with Crippen molar-refractivity contribution in [2.45, 2.75) is 36.2 Å². The van der Waals surface area contributed by atoms with Crippen LogP contribution in [0.2, 0.25) is 0 Å². The Morgan fingerprint density at radius 1 is 1.07 bits per heavy atom. The molecule has 0 fully saturated rings. The summed E-state index contributed by atoms with van der Waals surface area (Å²) in [6, 6.07) is 15.8. The Kier molecular flexibility index (Phi) is 6.52. The van der Waals surface area contributed by atoms with Gasteiger partial charge in [0.25, 0.3) is 5.56 Å². The Labute approximate surface area is 182 Å². The maximum atomic E-state index is 12.9. The Bertz CT molecular complexity index is 1240. The van der Waals surface area contributed by atoms with Gasteiger partial charge in [-0.05, 0) is 57.7 Å². The zero-order chi connectivity index (χ0) is 21.9. The van der Waals surface area contributed by atoms with E-state index in [1.165, 1.54) is 12.1 Å². The van der Waals surface area contributed by atoms with Crippen molar-refractivity contribution in [1.29, 1.82) is 0 Å². The quantitative estimate of drug-likeness (QED) is 0.570. The van der Waals surface area contributed by atoms with E-state index in [0.29, 0.717) is 10.2 Å². The molecule has 1 aromatic heterocycles. The van der Waals surface area contributed by atoms with Crippen LogP contribution in [-0.2, 0) is 21.2 Å². The number of para-hydroxylation sites is 1. The first-order valence-corrected chi connectivity index (χ1v) is 11.4. The molecule has 0 saturated heterocycles. The number of nitrogens with zero attached hydrogens (tertiary/aromatic N) is 2. The number of sulfone groups is 1. The Morgan fingerprint density at radius 2 is 1.73 bits per heavy atom. The average molecular weight is 490 g/mol. The van der Waals surface area contributed by atoms with Crippen molar-refractivity contribution in [2.75, 3.05) is 5.32 Å². The minimum atomic E-state index is -3.93. The molecule has 1 amide bonds. The van der Waals surface area contributed by atoms with Gasteiger partial charge in [0.05, 0.1) is 10.6 Å². The lowest BCUT2D eigenvalue weighted by molar-refractivity contribution is -0.117. The van der Waals surface area contributed by atoms with Crippen molar-refractivity contribution in [2.24, 2.45) is 0 Å². The zero-order valence-corrected chi connectivity index (χ0v) is 18.8. The molecular formula is C21H20BrN3O4S. The third-order valence-electron chi connectivity index (χ3n) is 4.42. The van der Waals surface area contributed by atoms with Gasteiger partial charge in [0.2, 0.25) is 15.7 Å². The minimum absolute atomic E-state index is 0.0715. The van der Waals surface area contributed by atoms with Crippen molar-refractivity contribution in [3.63, 3.8) is 0 Å². The summed E-state index contributed by atoms with van der Waals surface area (Å²) in [7, 11) is -3.93. The Hall–Kier alpha value is -2.78. The van der Waals surface area contributed by atoms with Crippen molar-refractivity contribution in [3.8, 4) is 0 Å². The predicted molar refractivity (Wildman–Crippen MR) is 117 cm³/mol. The Balaban J connectivity index is 1.86. The van der Waals surface area contributed by atoms with Crippen LogP contribution in [0.5, 0.6) is 0 Å². The van der Waals surface area contributed by atoms with Gasteiger partial charge in [-0.2, -0.15) is 5.10 Å². The summed E-state index contributed by atoms with van der Waals surface area (Å²) in [6.45, 7) is 3.61. The highest BCUT2D eigenvalue weighted by atomic mass is 79.9. The lowest BCUT2D eigenvalue weighted by Crippen LogP contribution is -2.30. The number of carbonyl (C=O) groups excluding carboxylic acids is 1. The normalized spacial score (nSPS) is 11.5. The maximum absolute atomic E-state index is 12.9. The van der Waals surface area contributed by atoms with E-state index in [1.807, 2.05) is 13.8 Å². The molecule has 2 aromatic carbocycles. The van der Waals surface area contributed by atoms with Crippen LogP contribution in [0.25, 0.3) is 0 Å². The molecule has 0 aliphatic rings. The van der Waals surface area contributed by atoms with Crippen LogP contribution in [0.3, 0.4) is 0 Å². The molecule has 9 heteroatoms. The number of hydrogen-bond donors (Lipinski definition) is 1. The van der Waals surface area contributed by atoms with Gasteiger partial charge in [-0.25, -0.2) is 13.1 Å². The molecule has 0 unspecified atom stereocenters. The van der Waals surface area contributed by atoms with E-state index in [2.05, 4.69) is 26.3 Å². The van der Waals surface area contributed by atoms with Gasteiger partial charge < -0.3 is 5.32 Å². The van der Waals surface area contributed by atoms with Crippen molar-refractivity contribution in [1.82, 2.24) is 9.78 Å². The number of aromatic nitrogens is 2. The molecule has 3 rings (SSSR count). The van der Waals surface area contributed by atoms with E-state index in [1.54, 1.807) is 36.4 Å². The minimum Gasteiger partial charge on any atom is -0.323 e. The molecule has 3 aromatic rings. The highest BCUT2D eigenvalue weighted by Gasteiger charge is 2.21. The van der Waals surface area contributed by atoms with Gasteiger partial charge in [0.15, 0.2) is 5.03 Å². The maximum Gasteiger partial charge on any atom is 0.267 e. The molecule has 30 heavy (non-hydrogen) atoms. The lowest BCUT2D eigenvalue weighted by atomic mass is 10.0. The molecule has 0 saturated carbocycles. The fraction of sp³-hybridized carbons (Fsp3) is 0.190. The second-order valence-corrected chi connectivity index (χ2v) is 9.67. The summed E-state index contributed by atoms with van der Waals surface area (Å²) in [5.41, 5.74) is 0.964. The third kappa shape index (κ3) is 4.85. The highest BCUT2D eigenvalue weighted by Crippen LogP contribution is 2.22. The molecule has 1 N–H and O–H groups in total. The average Bonchev–Trinajstić information content (AvgIpc) is 2.71. The Morgan fingerprint density at radius 3 is 2.37 bits per heavy atom. The summed E-state index contributed by atoms with van der Waals surface area (Å²) in [4.78, 5) is 24.5. The molecule has 0 spiro atoms. The van der Waals surface area contributed by atoms with Crippen LogP contribution in [0.4, 0.5) is 5.69 Å². The first-order valence-electron chi connectivity index (χ1n) is 9.16. The van der Waals surface area contributed by atoms with E-state index >= 15 is 0 Å². The van der Waals surface area contributed by atoms with Crippen LogP contribution in [0, 0.1) is 0 Å². The van der Waals surface area contributed by atoms with Crippen molar-refractivity contribution in [3.05, 3.63) is 81.1 Å². The van der Waals surface area contributed by atoms with Gasteiger partial charge in [0, 0.05) is 10.5 Å². The second kappa shape index (κ2) is 8.93. The lowest BCUT2D eigenvalue weighted by Gasteiger charge is -2.10. The van der Waals surface area contributed by atoms with Gasteiger partial charge in [-0.1, -0.05) is 38.1 Å². The third-order valence-corrected chi connectivity index (χ3v) is 6.77. The fourth-order valence-electron chi connectivity index (χ4n) is 2.73. The van der Waals surface area contributed by atoms with Crippen LogP contribution in [-0.4, -0.2) is 24.1 Å². The van der Waals surface area contributed by atoms with Crippen LogP contribution in [0.1, 0.15) is 25.3 Å². The number of hydrogen-bond acceptors (Lipinski definition) is 5. The summed E-state index contributed by atoms with van der Waals surface area (Å²) in [5.74, 6) is -0.239. The summed E-state index contributed by atoms with van der Waals surface area (Å²) < 4.78 is 27.3. The number of nitrogens with one attached hydrogen (secondary N) is 1. The monoisotopic (exact) mass is 489 g/mol. The van der Waals surface area contributed by atoms with E-state index < -0.39 is 27.8 Å². The number of rotatable bonds is 6. The van der Waals surface area contributed by atoms with Crippen LogP contribution < -0.4 is 10.9 Å². The van der Waals surface area contributed by atoms with Gasteiger partial charge >= 0.3 is 0 Å². The summed E-state index contributed by atoms with van der Waals surface area (Å²) in [6.07, 6.45) is 0. The van der Waals surface area contributed by atoms with E-state index in [4.69, 9.17) is 0 Å². The number of benzene rings is 2. The predicted octanol–water partition coefficient (Wildman–Crippen LogP) is 3.60. The highest BCUT2D eigenvalue weighted by molar-refractivity contribution is 9.10. The number of anilines is 1. The molecule has 156 valence electrons. The number of halogens is 1. The smallest absolute Gasteiger partial charge is 0.267 e. The summed E-state index contributed by atoms with van der Waals surface area (Å²) >= 11 is 3.32. The molecular weight excluding hydrogens is 470 g/mol. The second-order valence-electron chi connectivity index (χ2n) is 6.92.